The number of aromatic hydroxyl groups is 1. The second-order valence-electron chi connectivity index (χ2n) is 4.51. The summed E-state index contributed by atoms with van der Waals surface area (Å²) >= 11 is 0. The van der Waals surface area contributed by atoms with Crippen molar-refractivity contribution in [1.82, 2.24) is 0 Å². The SMILES string of the molecule is CCCc1c(OC[C@@H]2CO2)ccc(C(C)=O)c1O. The summed E-state index contributed by atoms with van der Waals surface area (Å²) in [5, 5.41) is 10.1. The number of ketones is 1. The number of carbonyl (C=O) groups excluding carboxylic acids is 1. The molecule has 98 valence electrons. The van der Waals surface area contributed by atoms with Crippen LogP contribution in [0.2, 0.25) is 0 Å². The topological polar surface area (TPSA) is 59.1 Å². The number of benzene rings is 1. The third-order valence-corrected chi connectivity index (χ3v) is 2.95. The summed E-state index contributed by atoms with van der Waals surface area (Å²) in [5.41, 5.74) is 1.07. The molecular weight excluding hydrogens is 232 g/mol. The maximum atomic E-state index is 11.4. The Labute approximate surface area is 107 Å². The van der Waals surface area contributed by atoms with Crippen molar-refractivity contribution in [3.8, 4) is 11.5 Å². The lowest BCUT2D eigenvalue weighted by atomic mass is 10.0. The van der Waals surface area contributed by atoms with Gasteiger partial charge in [-0.1, -0.05) is 13.3 Å². The van der Waals surface area contributed by atoms with Gasteiger partial charge in [0.15, 0.2) is 5.78 Å². The Kier molecular flexibility index (Phi) is 3.87. The second kappa shape index (κ2) is 5.40. The Morgan fingerprint density at radius 1 is 1.56 bits per heavy atom. The first-order chi connectivity index (χ1) is 8.63. The molecule has 1 aromatic rings. The molecule has 18 heavy (non-hydrogen) atoms. The first kappa shape index (κ1) is 12.9. The summed E-state index contributed by atoms with van der Waals surface area (Å²) in [5.74, 6) is 0.565. The predicted molar refractivity (Wildman–Crippen MR) is 67.3 cm³/mol. The van der Waals surface area contributed by atoms with Gasteiger partial charge in [-0.05, 0) is 25.5 Å². The zero-order valence-electron chi connectivity index (χ0n) is 10.7. The third-order valence-electron chi connectivity index (χ3n) is 2.95. The van der Waals surface area contributed by atoms with E-state index in [0.717, 1.165) is 13.0 Å². The third kappa shape index (κ3) is 2.82. The van der Waals surface area contributed by atoms with Gasteiger partial charge >= 0.3 is 0 Å². The molecule has 1 aliphatic heterocycles. The number of ether oxygens (including phenoxy) is 2. The molecule has 0 bridgehead atoms. The van der Waals surface area contributed by atoms with Gasteiger partial charge in [0.05, 0.1) is 12.2 Å². The number of phenols is 1. The van der Waals surface area contributed by atoms with Gasteiger partial charge in [-0.2, -0.15) is 0 Å². The molecule has 1 aliphatic rings. The minimum absolute atomic E-state index is 0.0542. The number of hydrogen-bond acceptors (Lipinski definition) is 4. The van der Waals surface area contributed by atoms with Crippen molar-refractivity contribution in [2.24, 2.45) is 0 Å². The van der Waals surface area contributed by atoms with Crippen molar-refractivity contribution in [2.45, 2.75) is 32.8 Å². The molecule has 0 amide bonds. The smallest absolute Gasteiger partial charge is 0.163 e. The summed E-state index contributed by atoms with van der Waals surface area (Å²) < 4.78 is 10.7. The van der Waals surface area contributed by atoms with Gasteiger partial charge in [0.1, 0.15) is 24.2 Å². The average Bonchev–Trinajstić information content (AvgIpc) is 3.13. The monoisotopic (exact) mass is 250 g/mol. The first-order valence-corrected chi connectivity index (χ1v) is 6.23. The van der Waals surface area contributed by atoms with E-state index in [1.807, 2.05) is 6.92 Å². The quantitative estimate of drug-likeness (QED) is 0.622. The van der Waals surface area contributed by atoms with Crippen molar-refractivity contribution in [1.29, 1.82) is 0 Å². The summed E-state index contributed by atoms with van der Waals surface area (Å²) in [6.45, 7) is 4.70. The Bertz CT molecular complexity index is 449. The van der Waals surface area contributed by atoms with E-state index < -0.39 is 0 Å². The van der Waals surface area contributed by atoms with Crippen LogP contribution in [-0.2, 0) is 11.2 Å². The fourth-order valence-electron chi connectivity index (χ4n) is 1.88. The Hall–Kier alpha value is -1.55. The minimum Gasteiger partial charge on any atom is -0.507 e. The molecule has 2 rings (SSSR count). The van der Waals surface area contributed by atoms with E-state index in [9.17, 15) is 9.90 Å². The molecule has 1 N–H and O–H groups in total. The summed E-state index contributed by atoms with van der Waals surface area (Å²) in [6, 6.07) is 3.36. The van der Waals surface area contributed by atoms with E-state index in [4.69, 9.17) is 9.47 Å². The lowest BCUT2D eigenvalue weighted by molar-refractivity contribution is 0.101. The number of epoxide rings is 1. The highest BCUT2D eigenvalue weighted by Crippen LogP contribution is 2.33. The first-order valence-electron chi connectivity index (χ1n) is 6.23. The van der Waals surface area contributed by atoms with Gasteiger partial charge in [-0.25, -0.2) is 0 Å². The highest BCUT2D eigenvalue weighted by atomic mass is 16.6. The van der Waals surface area contributed by atoms with E-state index in [2.05, 4.69) is 0 Å². The van der Waals surface area contributed by atoms with Crippen LogP contribution in [0.5, 0.6) is 11.5 Å². The Morgan fingerprint density at radius 2 is 2.28 bits per heavy atom. The van der Waals surface area contributed by atoms with Crippen molar-refractivity contribution >= 4 is 5.78 Å². The highest BCUT2D eigenvalue weighted by molar-refractivity contribution is 5.97. The van der Waals surface area contributed by atoms with E-state index >= 15 is 0 Å². The standard InChI is InChI=1S/C14H18O4/c1-3-4-12-13(18-8-10-7-17-10)6-5-11(9(2)15)14(12)16/h5-6,10,16H,3-4,7-8H2,1-2H3/t10-/m0/s1. The molecule has 4 heteroatoms. The van der Waals surface area contributed by atoms with Gasteiger partial charge in [-0.3, -0.25) is 4.79 Å². The van der Waals surface area contributed by atoms with Crippen LogP contribution in [-0.4, -0.2) is 30.2 Å². The Balaban J connectivity index is 2.26. The molecule has 1 saturated heterocycles. The largest absolute Gasteiger partial charge is 0.507 e. The molecule has 0 aromatic heterocycles. The average molecular weight is 250 g/mol. The molecule has 4 nitrogen and oxygen atoms in total. The van der Waals surface area contributed by atoms with Crippen molar-refractivity contribution < 1.29 is 19.4 Å². The molecular formula is C14H18O4. The molecule has 0 radical (unpaired) electrons. The van der Waals surface area contributed by atoms with Crippen LogP contribution < -0.4 is 4.74 Å². The maximum Gasteiger partial charge on any atom is 0.163 e. The summed E-state index contributed by atoms with van der Waals surface area (Å²) in [4.78, 5) is 11.4. The molecule has 0 unspecified atom stereocenters. The van der Waals surface area contributed by atoms with Crippen LogP contribution in [0.25, 0.3) is 0 Å². The van der Waals surface area contributed by atoms with Crippen LogP contribution in [0, 0.1) is 0 Å². The zero-order valence-corrected chi connectivity index (χ0v) is 10.7. The van der Waals surface area contributed by atoms with Gasteiger partial charge in [0, 0.05) is 5.56 Å². The van der Waals surface area contributed by atoms with Gasteiger partial charge in [0.2, 0.25) is 0 Å². The van der Waals surface area contributed by atoms with Gasteiger partial charge in [-0.15, -0.1) is 0 Å². The van der Waals surface area contributed by atoms with E-state index in [1.165, 1.54) is 6.92 Å². The number of rotatable bonds is 6. The number of phenolic OH excluding ortho intramolecular Hbond substituents is 1. The number of hydrogen-bond donors (Lipinski definition) is 1. The van der Waals surface area contributed by atoms with E-state index in [1.54, 1.807) is 12.1 Å². The number of carbonyl (C=O) groups is 1. The molecule has 0 aliphatic carbocycles. The summed E-state index contributed by atoms with van der Waals surface area (Å²) in [7, 11) is 0. The summed E-state index contributed by atoms with van der Waals surface area (Å²) in [6.07, 6.45) is 1.74. The molecule has 1 aromatic carbocycles. The predicted octanol–water partition coefficient (Wildman–Crippen LogP) is 2.32. The van der Waals surface area contributed by atoms with Crippen LogP contribution in [0.3, 0.4) is 0 Å². The highest BCUT2D eigenvalue weighted by Gasteiger charge is 2.24. The molecule has 0 saturated carbocycles. The zero-order chi connectivity index (χ0) is 13.1. The molecule has 1 heterocycles. The molecule has 1 fully saturated rings. The fourth-order valence-corrected chi connectivity index (χ4v) is 1.88. The van der Waals surface area contributed by atoms with Crippen LogP contribution in [0.1, 0.15) is 36.2 Å². The van der Waals surface area contributed by atoms with E-state index in [-0.39, 0.29) is 17.6 Å². The fraction of sp³-hybridized carbons (Fsp3) is 0.500. The lowest BCUT2D eigenvalue weighted by Crippen LogP contribution is -2.07. The minimum atomic E-state index is -0.137. The van der Waals surface area contributed by atoms with Gasteiger partial charge < -0.3 is 14.6 Å². The lowest BCUT2D eigenvalue weighted by Gasteiger charge is -2.14. The van der Waals surface area contributed by atoms with Crippen molar-refractivity contribution in [3.63, 3.8) is 0 Å². The van der Waals surface area contributed by atoms with Crippen LogP contribution in [0.4, 0.5) is 0 Å². The Morgan fingerprint density at radius 3 is 2.83 bits per heavy atom. The number of Topliss-reactive ketones (excluding diaryl/α,β-unsaturated/α-hetero) is 1. The maximum absolute atomic E-state index is 11.4. The van der Waals surface area contributed by atoms with Crippen LogP contribution >= 0.6 is 0 Å². The molecule has 1 atom stereocenters. The van der Waals surface area contributed by atoms with Crippen molar-refractivity contribution in [3.05, 3.63) is 23.3 Å². The normalized spacial score (nSPS) is 17.6. The van der Waals surface area contributed by atoms with Gasteiger partial charge in [0.25, 0.3) is 0 Å². The molecule has 0 spiro atoms. The van der Waals surface area contributed by atoms with E-state index in [0.29, 0.717) is 29.9 Å². The second-order valence-corrected chi connectivity index (χ2v) is 4.51. The van der Waals surface area contributed by atoms with Crippen molar-refractivity contribution in [2.75, 3.05) is 13.2 Å². The van der Waals surface area contributed by atoms with Crippen LogP contribution in [0.15, 0.2) is 12.1 Å².